The molecule has 0 aliphatic heterocycles. The minimum Gasteiger partial charge on any atom is -0.495 e. The van der Waals surface area contributed by atoms with Gasteiger partial charge in [0.1, 0.15) is 11.8 Å². The van der Waals surface area contributed by atoms with Crippen LogP contribution in [0.5, 0.6) is 5.75 Å². The third-order valence-corrected chi connectivity index (χ3v) is 2.52. The quantitative estimate of drug-likeness (QED) is 0.808. The zero-order valence-corrected chi connectivity index (χ0v) is 9.97. The molecule has 0 saturated heterocycles. The smallest absolute Gasteiger partial charge is 0.143 e. The monoisotopic (exact) mass is 239 g/mol. The lowest BCUT2D eigenvalue weighted by Crippen LogP contribution is -1.98. The molecule has 3 N–H and O–H groups in total. The van der Waals surface area contributed by atoms with Crippen LogP contribution in [0.2, 0.25) is 0 Å². The fourth-order valence-electron chi connectivity index (χ4n) is 1.68. The molecule has 90 valence electrons. The fraction of sp³-hybridized carbons (Fsp3) is 0.0714. The lowest BCUT2D eigenvalue weighted by Gasteiger charge is -2.12. The van der Waals surface area contributed by atoms with Gasteiger partial charge in [-0.25, -0.2) is 0 Å². The second-order valence-electron chi connectivity index (χ2n) is 3.75. The van der Waals surface area contributed by atoms with Crippen molar-refractivity contribution in [2.45, 2.75) is 0 Å². The molecule has 0 aliphatic carbocycles. The number of hydrogen-bond acceptors (Lipinski definition) is 4. The SMILES string of the molecule is COc1cccc(C#N)c1Nc1cccc(N)c1. The predicted molar refractivity (Wildman–Crippen MR) is 71.8 cm³/mol. The van der Waals surface area contributed by atoms with Crippen molar-refractivity contribution >= 4 is 17.1 Å². The second-order valence-corrected chi connectivity index (χ2v) is 3.75. The third kappa shape index (κ3) is 2.36. The van der Waals surface area contributed by atoms with Gasteiger partial charge in [-0.2, -0.15) is 5.26 Å². The zero-order valence-electron chi connectivity index (χ0n) is 9.97. The molecule has 0 saturated carbocycles. The Bertz CT molecular complexity index is 602. The second kappa shape index (κ2) is 5.11. The van der Waals surface area contributed by atoms with E-state index >= 15 is 0 Å². The number of nitrogens with zero attached hydrogens (tertiary/aromatic N) is 1. The topological polar surface area (TPSA) is 71.1 Å². The maximum atomic E-state index is 9.10. The molecule has 0 unspecified atom stereocenters. The van der Waals surface area contributed by atoms with Crippen LogP contribution in [-0.4, -0.2) is 7.11 Å². The molecule has 2 rings (SSSR count). The number of hydrogen-bond donors (Lipinski definition) is 2. The van der Waals surface area contributed by atoms with Gasteiger partial charge in [0, 0.05) is 11.4 Å². The van der Waals surface area contributed by atoms with Gasteiger partial charge in [0.05, 0.1) is 18.4 Å². The molecule has 0 atom stereocenters. The van der Waals surface area contributed by atoms with Gasteiger partial charge in [-0.05, 0) is 30.3 Å². The number of nitrogens with two attached hydrogens (primary N) is 1. The maximum Gasteiger partial charge on any atom is 0.143 e. The first-order chi connectivity index (χ1) is 8.74. The summed E-state index contributed by atoms with van der Waals surface area (Å²) in [6, 6.07) is 14.8. The third-order valence-electron chi connectivity index (χ3n) is 2.52. The first-order valence-corrected chi connectivity index (χ1v) is 5.44. The summed E-state index contributed by atoms with van der Waals surface area (Å²) in [6.45, 7) is 0. The van der Waals surface area contributed by atoms with E-state index in [4.69, 9.17) is 15.7 Å². The average molecular weight is 239 g/mol. The Balaban J connectivity index is 2.42. The summed E-state index contributed by atoms with van der Waals surface area (Å²) in [4.78, 5) is 0. The van der Waals surface area contributed by atoms with E-state index in [1.807, 2.05) is 12.1 Å². The van der Waals surface area contributed by atoms with E-state index in [9.17, 15) is 0 Å². The molecule has 4 nitrogen and oxygen atoms in total. The summed E-state index contributed by atoms with van der Waals surface area (Å²) >= 11 is 0. The number of nitrogen functional groups attached to an aromatic ring is 1. The van der Waals surface area contributed by atoms with E-state index in [0.29, 0.717) is 22.7 Å². The van der Waals surface area contributed by atoms with Crippen molar-refractivity contribution < 1.29 is 4.74 Å². The molecular formula is C14H13N3O. The molecule has 0 fully saturated rings. The van der Waals surface area contributed by atoms with Crippen molar-refractivity contribution in [1.82, 2.24) is 0 Å². The summed E-state index contributed by atoms with van der Waals surface area (Å²) in [5.41, 5.74) is 8.36. The van der Waals surface area contributed by atoms with Gasteiger partial charge < -0.3 is 15.8 Å². The van der Waals surface area contributed by atoms with Crippen LogP contribution in [0.15, 0.2) is 42.5 Å². The van der Waals surface area contributed by atoms with E-state index in [0.717, 1.165) is 5.69 Å². The number of anilines is 3. The highest BCUT2D eigenvalue weighted by Crippen LogP contribution is 2.31. The Kier molecular flexibility index (Phi) is 3.35. The molecule has 18 heavy (non-hydrogen) atoms. The summed E-state index contributed by atoms with van der Waals surface area (Å²) in [7, 11) is 1.57. The molecule has 2 aromatic carbocycles. The van der Waals surface area contributed by atoms with Crippen molar-refractivity contribution in [3.63, 3.8) is 0 Å². The minimum absolute atomic E-state index is 0.525. The number of ether oxygens (including phenoxy) is 1. The van der Waals surface area contributed by atoms with E-state index in [2.05, 4.69) is 11.4 Å². The minimum atomic E-state index is 0.525. The standard InChI is InChI=1S/C14H13N3O/c1-18-13-7-2-4-10(9-15)14(13)17-12-6-3-5-11(16)8-12/h2-8,17H,16H2,1H3. The lowest BCUT2D eigenvalue weighted by atomic mass is 10.1. The van der Waals surface area contributed by atoms with Crippen molar-refractivity contribution in [3.05, 3.63) is 48.0 Å². The molecule has 0 bridgehead atoms. The Morgan fingerprint density at radius 2 is 2.00 bits per heavy atom. The van der Waals surface area contributed by atoms with Crippen LogP contribution in [0.1, 0.15) is 5.56 Å². The average Bonchev–Trinajstić information content (AvgIpc) is 2.39. The van der Waals surface area contributed by atoms with Crippen LogP contribution in [0, 0.1) is 11.3 Å². The molecule has 0 radical (unpaired) electrons. The maximum absolute atomic E-state index is 9.10. The number of nitriles is 1. The van der Waals surface area contributed by atoms with E-state index < -0.39 is 0 Å². The van der Waals surface area contributed by atoms with Gasteiger partial charge in [0.25, 0.3) is 0 Å². The van der Waals surface area contributed by atoms with Crippen LogP contribution >= 0.6 is 0 Å². The number of methoxy groups -OCH3 is 1. The van der Waals surface area contributed by atoms with Crippen LogP contribution in [-0.2, 0) is 0 Å². The number of para-hydroxylation sites is 1. The van der Waals surface area contributed by atoms with Gasteiger partial charge in [-0.15, -0.1) is 0 Å². The molecular weight excluding hydrogens is 226 g/mol. The Labute approximate surface area is 106 Å². The normalized spacial score (nSPS) is 9.56. The van der Waals surface area contributed by atoms with Crippen molar-refractivity contribution in [3.8, 4) is 11.8 Å². The zero-order chi connectivity index (χ0) is 13.0. The number of nitrogens with one attached hydrogen (secondary N) is 1. The summed E-state index contributed by atoms with van der Waals surface area (Å²) in [5, 5.41) is 12.3. The van der Waals surface area contributed by atoms with Gasteiger partial charge in [-0.3, -0.25) is 0 Å². The first-order valence-electron chi connectivity index (χ1n) is 5.44. The molecule has 0 aromatic heterocycles. The van der Waals surface area contributed by atoms with Gasteiger partial charge >= 0.3 is 0 Å². The number of benzene rings is 2. The Morgan fingerprint density at radius 3 is 2.67 bits per heavy atom. The molecule has 4 heteroatoms. The van der Waals surface area contributed by atoms with Crippen molar-refractivity contribution in [2.75, 3.05) is 18.2 Å². The number of rotatable bonds is 3. The largest absolute Gasteiger partial charge is 0.495 e. The highest BCUT2D eigenvalue weighted by molar-refractivity contribution is 5.74. The molecule has 0 aliphatic rings. The van der Waals surface area contributed by atoms with E-state index in [-0.39, 0.29) is 0 Å². The van der Waals surface area contributed by atoms with Crippen molar-refractivity contribution in [1.29, 1.82) is 5.26 Å². The highest BCUT2D eigenvalue weighted by atomic mass is 16.5. The van der Waals surface area contributed by atoms with Crippen LogP contribution < -0.4 is 15.8 Å². The summed E-state index contributed by atoms with van der Waals surface area (Å²) < 4.78 is 5.25. The van der Waals surface area contributed by atoms with Crippen molar-refractivity contribution in [2.24, 2.45) is 0 Å². The van der Waals surface area contributed by atoms with Gasteiger partial charge in [-0.1, -0.05) is 12.1 Å². The summed E-state index contributed by atoms with van der Waals surface area (Å²) in [5.74, 6) is 0.622. The Morgan fingerprint density at radius 1 is 1.22 bits per heavy atom. The highest BCUT2D eigenvalue weighted by Gasteiger charge is 2.08. The molecule has 2 aromatic rings. The molecule has 0 spiro atoms. The summed E-state index contributed by atoms with van der Waals surface area (Å²) in [6.07, 6.45) is 0. The van der Waals surface area contributed by atoms with Crippen LogP contribution in [0.4, 0.5) is 17.1 Å². The lowest BCUT2D eigenvalue weighted by molar-refractivity contribution is 0.416. The van der Waals surface area contributed by atoms with Crippen LogP contribution in [0.25, 0.3) is 0 Å². The van der Waals surface area contributed by atoms with Crippen LogP contribution in [0.3, 0.4) is 0 Å². The van der Waals surface area contributed by atoms with E-state index in [1.165, 1.54) is 0 Å². The fourth-order valence-corrected chi connectivity index (χ4v) is 1.68. The van der Waals surface area contributed by atoms with Gasteiger partial charge in [0.15, 0.2) is 0 Å². The first kappa shape index (κ1) is 11.8. The van der Waals surface area contributed by atoms with E-state index in [1.54, 1.807) is 37.4 Å². The molecule has 0 heterocycles. The van der Waals surface area contributed by atoms with Gasteiger partial charge in [0.2, 0.25) is 0 Å². The molecule has 0 amide bonds. The Hall–Kier alpha value is -2.67. The predicted octanol–water partition coefficient (Wildman–Crippen LogP) is 2.89.